The van der Waals surface area contributed by atoms with Gasteiger partial charge in [-0.2, -0.15) is 0 Å². The van der Waals surface area contributed by atoms with Gasteiger partial charge in [0, 0.05) is 30.4 Å². The highest BCUT2D eigenvalue weighted by Crippen LogP contribution is 2.18. The van der Waals surface area contributed by atoms with Crippen LogP contribution in [0.4, 0.5) is 0 Å². The first-order valence-electron chi connectivity index (χ1n) is 5.48. The van der Waals surface area contributed by atoms with Crippen molar-refractivity contribution in [2.75, 3.05) is 0 Å². The summed E-state index contributed by atoms with van der Waals surface area (Å²) >= 11 is 5.55. The van der Waals surface area contributed by atoms with E-state index in [0.717, 1.165) is 11.1 Å². The zero-order valence-electron chi connectivity index (χ0n) is 10.2. The van der Waals surface area contributed by atoms with Gasteiger partial charge in [0.25, 0.3) is 5.24 Å². The first-order chi connectivity index (χ1) is 8.58. The SMILES string of the molecule is Cc1cccc(C(=O)Cl)c1COc1ccn(C)n1. The zero-order chi connectivity index (χ0) is 13.1. The zero-order valence-corrected chi connectivity index (χ0v) is 10.9. The second-order valence-corrected chi connectivity index (χ2v) is 4.33. The van der Waals surface area contributed by atoms with Crippen molar-refractivity contribution >= 4 is 16.8 Å². The van der Waals surface area contributed by atoms with Crippen LogP contribution in [0.3, 0.4) is 0 Å². The summed E-state index contributed by atoms with van der Waals surface area (Å²) in [7, 11) is 1.81. The molecule has 0 amide bonds. The van der Waals surface area contributed by atoms with Crippen molar-refractivity contribution in [3.63, 3.8) is 0 Å². The number of carbonyl (C=O) groups excluding carboxylic acids is 1. The summed E-state index contributed by atoms with van der Waals surface area (Å²) < 4.78 is 7.20. The number of hydrogen-bond donors (Lipinski definition) is 0. The molecule has 0 aliphatic heterocycles. The molecule has 0 aliphatic carbocycles. The van der Waals surface area contributed by atoms with Crippen LogP contribution in [0.5, 0.6) is 5.88 Å². The molecule has 0 aliphatic rings. The van der Waals surface area contributed by atoms with Crippen molar-refractivity contribution in [1.82, 2.24) is 9.78 Å². The molecule has 0 bridgehead atoms. The van der Waals surface area contributed by atoms with Gasteiger partial charge in [0.15, 0.2) is 0 Å². The Balaban J connectivity index is 2.20. The first-order valence-corrected chi connectivity index (χ1v) is 5.86. The summed E-state index contributed by atoms with van der Waals surface area (Å²) in [6, 6.07) is 7.18. The van der Waals surface area contributed by atoms with Gasteiger partial charge in [0.05, 0.1) is 0 Å². The molecule has 0 atom stereocenters. The highest BCUT2D eigenvalue weighted by Gasteiger charge is 2.12. The number of benzene rings is 1. The van der Waals surface area contributed by atoms with Gasteiger partial charge in [0.2, 0.25) is 5.88 Å². The molecule has 0 unspecified atom stereocenters. The van der Waals surface area contributed by atoms with Gasteiger partial charge in [-0.05, 0) is 30.2 Å². The van der Waals surface area contributed by atoms with Crippen LogP contribution < -0.4 is 4.74 Å². The number of halogens is 1. The molecule has 1 heterocycles. The molecule has 0 fully saturated rings. The molecule has 18 heavy (non-hydrogen) atoms. The van der Waals surface area contributed by atoms with Gasteiger partial charge in [-0.15, -0.1) is 5.10 Å². The van der Waals surface area contributed by atoms with Crippen molar-refractivity contribution < 1.29 is 9.53 Å². The average Bonchev–Trinajstić information content (AvgIpc) is 2.73. The van der Waals surface area contributed by atoms with Gasteiger partial charge < -0.3 is 4.74 Å². The van der Waals surface area contributed by atoms with E-state index in [0.29, 0.717) is 11.4 Å². The van der Waals surface area contributed by atoms with Crippen LogP contribution in [-0.4, -0.2) is 15.0 Å². The monoisotopic (exact) mass is 264 g/mol. The Morgan fingerprint density at radius 2 is 2.22 bits per heavy atom. The molecule has 1 aromatic carbocycles. The van der Waals surface area contributed by atoms with E-state index in [1.54, 1.807) is 29.1 Å². The van der Waals surface area contributed by atoms with Gasteiger partial charge in [0.1, 0.15) is 6.61 Å². The van der Waals surface area contributed by atoms with Crippen LogP contribution in [0.25, 0.3) is 0 Å². The number of ether oxygens (including phenoxy) is 1. The van der Waals surface area contributed by atoms with Crippen molar-refractivity contribution in [1.29, 1.82) is 0 Å². The molecular formula is C13H13ClN2O2. The number of hydrogen-bond acceptors (Lipinski definition) is 3. The Bertz CT molecular complexity index is 578. The summed E-state index contributed by atoms with van der Waals surface area (Å²) in [6.07, 6.45) is 1.79. The largest absolute Gasteiger partial charge is 0.472 e. The van der Waals surface area contributed by atoms with Crippen molar-refractivity contribution in [2.45, 2.75) is 13.5 Å². The summed E-state index contributed by atoms with van der Waals surface area (Å²) in [4.78, 5) is 11.3. The van der Waals surface area contributed by atoms with Crippen LogP contribution in [0.1, 0.15) is 21.5 Å². The lowest BCUT2D eigenvalue weighted by Crippen LogP contribution is -2.05. The quantitative estimate of drug-likeness (QED) is 0.798. The van der Waals surface area contributed by atoms with Crippen molar-refractivity contribution in [3.05, 3.63) is 47.2 Å². The lowest BCUT2D eigenvalue weighted by molar-refractivity contribution is 0.107. The minimum absolute atomic E-state index is 0.275. The summed E-state index contributed by atoms with van der Waals surface area (Å²) in [6.45, 7) is 2.19. The van der Waals surface area contributed by atoms with Crippen LogP contribution in [0.2, 0.25) is 0 Å². The maximum Gasteiger partial charge on any atom is 0.252 e. The number of aryl methyl sites for hydroxylation is 2. The molecule has 4 nitrogen and oxygen atoms in total. The molecule has 0 spiro atoms. The van der Waals surface area contributed by atoms with Crippen LogP contribution in [0.15, 0.2) is 30.5 Å². The van der Waals surface area contributed by atoms with Crippen molar-refractivity contribution in [2.24, 2.45) is 7.05 Å². The molecular weight excluding hydrogens is 252 g/mol. The van der Waals surface area contributed by atoms with Crippen molar-refractivity contribution in [3.8, 4) is 5.88 Å². The number of carbonyl (C=O) groups is 1. The van der Waals surface area contributed by atoms with Crippen LogP contribution >= 0.6 is 11.6 Å². The third-order valence-electron chi connectivity index (χ3n) is 2.68. The number of nitrogens with zero attached hydrogens (tertiary/aromatic N) is 2. The fourth-order valence-electron chi connectivity index (χ4n) is 1.69. The standard InChI is InChI=1S/C13H13ClN2O2/c1-9-4-3-5-10(13(14)17)11(9)8-18-12-6-7-16(2)15-12/h3-7H,8H2,1-2H3. The highest BCUT2D eigenvalue weighted by atomic mass is 35.5. The normalized spacial score (nSPS) is 10.4. The first kappa shape index (κ1) is 12.6. The molecule has 2 aromatic rings. The van der Waals surface area contributed by atoms with E-state index < -0.39 is 5.24 Å². The summed E-state index contributed by atoms with van der Waals surface area (Å²) in [5.41, 5.74) is 2.24. The summed E-state index contributed by atoms with van der Waals surface area (Å²) in [5.74, 6) is 0.522. The predicted octanol–water partition coefficient (Wildman–Crippen LogP) is 2.69. The Kier molecular flexibility index (Phi) is 3.67. The molecule has 0 saturated carbocycles. The molecule has 0 saturated heterocycles. The number of rotatable bonds is 4. The number of aromatic nitrogens is 2. The fraction of sp³-hybridized carbons (Fsp3) is 0.231. The molecule has 0 radical (unpaired) electrons. The van der Waals surface area contributed by atoms with E-state index in [1.165, 1.54) is 0 Å². The Hall–Kier alpha value is -1.81. The minimum Gasteiger partial charge on any atom is -0.472 e. The maximum absolute atomic E-state index is 11.3. The Labute approximate surface area is 110 Å². The molecule has 5 heteroatoms. The third-order valence-corrected chi connectivity index (χ3v) is 2.88. The van der Waals surface area contributed by atoms with E-state index in [1.807, 2.05) is 20.0 Å². The second kappa shape index (κ2) is 5.23. The molecule has 0 N–H and O–H groups in total. The van der Waals surface area contributed by atoms with Gasteiger partial charge in [-0.1, -0.05) is 12.1 Å². The molecule has 94 valence electrons. The fourth-order valence-corrected chi connectivity index (χ4v) is 1.87. The van der Waals surface area contributed by atoms with E-state index in [4.69, 9.17) is 16.3 Å². The van der Waals surface area contributed by atoms with E-state index in [9.17, 15) is 4.79 Å². The van der Waals surface area contributed by atoms with E-state index in [2.05, 4.69) is 5.10 Å². The third kappa shape index (κ3) is 2.71. The van der Waals surface area contributed by atoms with Crippen LogP contribution in [0, 0.1) is 6.92 Å². The van der Waals surface area contributed by atoms with Crippen LogP contribution in [-0.2, 0) is 13.7 Å². The molecule has 2 rings (SSSR count). The van der Waals surface area contributed by atoms with E-state index in [-0.39, 0.29) is 6.61 Å². The summed E-state index contributed by atoms with van der Waals surface area (Å²) in [5, 5.41) is 3.63. The van der Waals surface area contributed by atoms with Gasteiger partial charge in [-0.25, -0.2) is 0 Å². The average molecular weight is 265 g/mol. The lowest BCUT2D eigenvalue weighted by atomic mass is 10.0. The van der Waals surface area contributed by atoms with E-state index >= 15 is 0 Å². The minimum atomic E-state index is -0.474. The smallest absolute Gasteiger partial charge is 0.252 e. The molecule has 1 aromatic heterocycles. The topological polar surface area (TPSA) is 44.1 Å². The van der Waals surface area contributed by atoms with Gasteiger partial charge in [-0.3, -0.25) is 9.48 Å². The Morgan fingerprint density at radius 3 is 2.83 bits per heavy atom. The lowest BCUT2D eigenvalue weighted by Gasteiger charge is -2.09. The maximum atomic E-state index is 11.3. The predicted molar refractivity (Wildman–Crippen MR) is 68.9 cm³/mol. The second-order valence-electron chi connectivity index (χ2n) is 3.99. The Morgan fingerprint density at radius 1 is 1.44 bits per heavy atom. The van der Waals surface area contributed by atoms with Gasteiger partial charge >= 0.3 is 0 Å². The highest BCUT2D eigenvalue weighted by molar-refractivity contribution is 6.67.